The Labute approximate surface area is 103 Å². The SMILES string of the molecule is NC(=O)c1c(F)cccc1Oc1cccc(N)c1. The zero-order chi connectivity index (χ0) is 13.1. The van der Waals surface area contributed by atoms with Gasteiger partial charge in [0, 0.05) is 11.8 Å². The highest BCUT2D eigenvalue weighted by Gasteiger charge is 2.15. The topological polar surface area (TPSA) is 78.3 Å². The van der Waals surface area contributed by atoms with Crippen molar-refractivity contribution in [2.45, 2.75) is 0 Å². The van der Waals surface area contributed by atoms with Gasteiger partial charge in [0.2, 0.25) is 0 Å². The first kappa shape index (κ1) is 11.9. The standard InChI is InChI=1S/C13H11FN2O2/c14-10-5-2-6-11(12(10)13(16)17)18-9-4-1-3-8(15)7-9/h1-7H,15H2,(H2,16,17). The predicted molar refractivity (Wildman–Crippen MR) is 65.8 cm³/mol. The fourth-order valence-electron chi connectivity index (χ4n) is 1.53. The quantitative estimate of drug-likeness (QED) is 0.815. The van der Waals surface area contributed by atoms with Crippen molar-refractivity contribution in [3.05, 3.63) is 53.8 Å². The summed E-state index contributed by atoms with van der Waals surface area (Å²) < 4.78 is 18.9. The summed E-state index contributed by atoms with van der Waals surface area (Å²) in [5.74, 6) is -1.13. The number of nitrogens with two attached hydrogens (primary N) is 2. The predicted octanol–water partition coefficient (Wildman–Crippen LogP) is 2.30. The van der Waals surface area contributed by atoms with E-state index in [4.69, 9.17) is 16.2 Å². The zero-order valence-corrected chi connectivity index (χ0v) is 9.39. The number of halogens is 1. The number of nitrogen functional groups attached to an aromatic ring is 1. The molecule has 0 heterocycles. The Balaban J connectivity index is 2.40. The molecule has 0 aromatic heterocycles. The molecule has 0 atom stereocenters. The third kappa shape index (κ3) is 2.40. The van der Waals surface area contributed by atoms with Gasteiger partial charge in [-0.05, 0) is 24.3 Å². The molecule has 18 heavy (non-hydrogen) atoms. The van der Waals surface area contributed by atoms with Gasteiger partial charge < -0.3 is 16.2 Å². The Morgan fingerprint density at radius 1 is 1.17 bits per heavy atom. The van der Waals surface area contributed by atoms with Gasteiger partial charge in [-0.3, -0.25) is 4.79 Å². The van der Waals surface area contributed by atoms with Gasteiger partial charge in [-0.25, -0.2) is 4.39 Å². The van der Waals surface area contributed by atoms with Gasteiger partial charge in [-0.2, -0.15) is 0 Å². The van der Waals surface area contributed by atoms with Gasteiger partial charge in [0.15, 0.2) is 0 Å². The fourth-order valence-corrected chi connectivity index (χ4v) is 1.53. The van der Waals surface area contributed by atoms with E-state index < -0.39 is 11.7 Å². The summed E-state index contributed by atoms with van der Waals surface area (Å²) in [6, 6.07) is 10.6. The number of carbonyl (C=O) groups is 1. The first-order valence-electron chi connectivity index (χ1n) is 5.19. The van der Waals surface area contributed by atoms with Crippen LogP contribution in [-0.2, 0) is 0 Å². The fraction of sp³-hybridized carbons (Fsp3) is 0. The van der Waals surface area contributed by atoms with Crippen LogP contribution in [0, 0.1) is 5.82 Å². The summed E-state index contributed by atoms with van der Waals surface area (Å²) >= 11 is 0. The van der Waals surface area contributed by atoms with Gasteiger partial charge >= 0.3 is 0 Å². The smallest absolute Gasteiger partial charge is 0.255 e. The van der Waals surface area contributed by atoms with Crippen LogP contribution in [0.3, 0.4) is 0 Å². The summed E-state index contributed by atoms with van der Waals surface area (Å²) in [5.41, 5.74) is 10.9. The molecule has 0 saturated carbocycles. The number of primary amides is 1. The number of anilines is 1. The monoisotopic (exact) mass is 246 g/mol. The molecule has 2 rings (SSSR count). The number of rotatable bonds is 3. The highest BCUT2D eigenvalue weighted by Crippen LogP contribution is 2.27. The van der Waals surface area contributed by atoms with Crippen LogP contribution >= 0.6 is 0 Å². The van der Waals surface area contributed by atoms with Crippen LogP contribution in [0.25, 0.3) is 0 Å². The van der Waals surface area contributed by atoms with E-state index >= 15 is 0 Å². The van der Waals surface area contributed by atoms with E-state index in [9.17, 15) is 9.18 Å². The molecule has 2 aromatic rings. The van der Waals surface area contributed by atoms with E-state index in [1.54, 1.807) is 24.3 Å². The average molecular weight is 246 g/mol. The van der Waals surface area contributed by atoms with Crippen molar-refractivity contribution in [1.29, 1.82) is 0 Å². The van der Waals surface area contributed by atoms with E-state index in [-0.39, 0.29) is 11.3 Å². The van der Waals surface area contributed by atoms with Crippen molar-refractivity contribution < 1.29 is 13.9 Å². The van der Waals surface area contributed by atoms with Crippen molar-refractivity contribution in [3.8, 4) is 11.5 Å². The van der Waals surface area contributed by atoms with Crippen LogP contribution in [0.4, 0.5) is 10.1 Å². The molecule has 0 bridgehead atoms. The Morgan fingerprint density at radius 2 is 1.89 bits per heavy atom. The van der Waals surface area contributed by atoms with Gasteiger partial charge in [0.25, 0.3) is 5.91 Å². The number of benzene rings is 2. The van der Waals surface area contributed by atoms with Crippen LogP contribution in [0.5, 0.6) is 11.5 Å². The Bertz CT molecular complexity index is 599. The Hall–Kier alpha value is -2.56. The molecule has 92 valence electrons. The van der Waals surface area contributed by atoms with Crippen molar-refractivity contribution in [1.82, 2.24) is 0 Å². The Kier molecular flexibility index (Phi) is 3.14. The Morgan fingerprint density at radius 3 is 2.56 bits per heavy atom. The molecule has 0 saturated heterocycles. The lowest BCUT2D eigenvalue weighted by molar-refractivity contribution is 0.0994. The molecule has 5 heteroatoms. The summed E-state index contributed by atoms with van der Waals surface area (Å²) in [7, 11) is 0. The maximum atomic E-state index is 13.5. The number of hydrogen-bond acceptors (Lipinski definition) is 3. The van der Waals surface area contributed by atoms with Gasteiger partial charge in [0.1, 0.15) is 22.9 Å². The first-order chi connectivity index (χ1) is 8.58. The third-order valence-corrected chi connectivity index (χ3v) is 2.31. The molecule has 0 fully saturated rings. The highest BCUT2D eigenvalue weighted by molar-refractivity contribution is 5.96. The first-order valence-corrected chi connectivity index (χ1v) is 5.19. The molecule has 2 aromatic carbocycles. The molecule has 0 unspecified atom stereocenters. The highest BCUT2D eigenvalue weighted by atomic mass is 19.1. The average Bonchev–Trinajstić information content (AvgIpc) is 2.28. The number of carbonyl (C=O) groups excluding carboxylic acids is 1. The van der Waals surface area contributed by atoms with Crippen LogP contribution in [0.1, 0.15) is 10.4 Å². The third-order valence-electron chi connectivity index (χ3n) is 2.31. The summed E-state index contributed by atoms with van der Waals surface area (Å²) in [6.07, 6.45) is 0. The van der Waals surface area contributed by atoms with Crippen LogP contribution in [0.15, 0.2) is 42.5 Å². The molecule has 0 aliphatic carbocycles. The van der Waals surface area contributed by atoms with E-state index in [1.165, 1.54) is 12.1 Å². The lowest BCUT2D eigenvalue weighted by atomic mass is 10.2. The summed E-state index contributed by atoms with van der Waals surface area (Å²) in [4.78, 5) is 11.2. The summed E-state index contributed by atoms with van der Waals surface area (Å²) in [6.45, 7) is 0. The molecular weight excluding hydrogens is 235 g/mol. The second-order valence-electron chi connectivity index (χ2n) is 3.65. The largest absolute Gasteiger partial charge is 0.456 e. The van der Waals surface area contributed by atoms with Crippen molar-refractivity contribution in [3.63, 3.8) is 0 Å². The molecule has 4 N–H and O–H groups in total. The van der Waals surface area contributed by atoms with Crippen molar-refractivity contribution >= 4 is 11.6 Å². The molecule has 0 aliphatic rings. The van der Waals surface area contributed by atoms with E-state index in [0.29, 0.717) is 11.4 Å². The lowest BCUT2D eigenvalue weighted by Gasteiger charge is -2.10. The molecule has 0 spiro atoms. The second kappa shape index (κ2) is 4.75. The second-order valence-corrected chi connectivity index (χ2v) is 3.65. The van der Waals surface area contributed by atoms with Crippen LogP contribution in [-0.4, -0.2) is 5.91 Å². The van der Waals surface area contributed by atoms with Gasteiger partial charge in [-0.15, -0.1) is 0 Å². The minimum atomic E-state index is -0.882. The van der Waals surface area contributed by atoms with E-state index in [1.807, 2.05) is 0 Å². The van der Waals surface area contributed by atoms with Crippen molar-refractivity contribution in [2.24, 2.45) is 5.73 Å². The van der Waals surface area contributed by atoms with Crippen LogP contribution in [0.2, 0.25) is 0 Å². The minimum Gasteiger partial charge on any atom is -0.456 e. The normalized spacial score (nSPS) is 10.1. The molecule has 4 nitrogen and oxygen atoms in total. The van der Waals surface area contributed by atoms with Crippen LogP contribution < -0.4 is 16.2 Å². The lowest BCUT2D eigenvalue weighted by Crippen LogP contribution is -2.14. The maximum absolute atomic E-state index is 13.5. The van der Waals surface area contributed by atoms with Gasteiger partial charge in [-0.1, -0.05) is 12.1 Å². The summed E-state index contributed by atoms with van der Waals surface area (Å²) in [5, 5.41) is 0. The van der Waals surface area contributed by atoms with E-state index in [0.717, 1.165) is 6.07 Å². The zero-order valence-electron chi connectivity index (χ0n) is 9.39. The molecular formula is C13H11FN2O2. The molecule has 0 radical (unpaired) electrons. The number of ether oxygens (including phenoxy) is 1. The van der Waals surface area contributed by atoms with Gasteiger partial charge in [0.05, 0.1) is 0 Å². The van der Waals surface area contributed by atoms with E-state index in [2.05, 4.69) is 0 Å². The molecule has 0 aliphatic heterocycles. The number of amides is 1. The van der Waals surface area contributed by atoms with Crippen molar-refractivity contribution in [2.75, 3.05) is 5.73 Å². The maximum Gasteiger partial charge on any atom is 0.255 e. The minimum absolute atomic E-state index is 0.0631. The molecule has 1 amide bonds. The number of hydrogen-bond donors (Lipinski definition) is 2.